The van der Waals surface area contributed by atoms with Crippen molar-refractivity contribution >= 4 is 17.3 Å². The van der Waals surface area contributed by atoms with Crippen LogP contribution in [-0.4, -0.2) is 11.9 Å². The lowest BCUT2D eigenvalue weighted by atomic mass is 10.1. The second-order valence-electron chi connectivity index (χ2n) is 4.64. The molecule has 0 aliphatic carbocycles. The van der Waals surface area contributed by atoms with Crippen molar-refractivity contribution in [3.8, 4) is 0 Å². The van der Waals surface area contributed by atoms with Gasteiger partial charge in [-0.15, -0.1) is 0 Å². The molecule has 2 aromatic rings. The summed E-state index contributed by atoms with van der Waals surface area (Å²) in [5, 5.41) is 5.34. The number of fused-ring (bicyclic) bond motifs is 1. The number of benzene rings is 2. The van der Waals surface area contributed by atoms with E-state index in [2.05, 4.69) is 10.6 Å². The SMILES string of the molecule is O=C(Nc1c(F)cccc1F)[C@@H]1Cc2ccccc2N1. The second kappa shape index (κ2) is 4.92. The summed E-state index contributed by atoms with van der Waals surface area (Å²) in [6.07, 6.45) is 0.498. The van der Waals surface area contributed by atoms with Gasteiger partial charge in [-0.25, -0.2) is 8.78 Å². The molecule has 0 aromatic heterocycles. The Morgan fingerprint density at radius 1 is 1.10 bits per heavy atom. The van der Waals surface area contributed by atoms with Crippen LogP contribution in [0.5, 0.6) is 0 Å². The molecule has 5 heteroatoms. The van der Waals surface area contributed by atoms with Crippen molar-refractivity contribution in [2.45, 2.75) is 12.5 Å². The molecule has 0 saturated carbocycles. The summed E-state index contributed by atoms with van der Waals surface area (Å²) in [7, 11) is 0. The number of amides is 1. The van der Waals surface area contributed by atoms with E-state index in [0.717, 1.165) is 23.4 Å². The third-order valence-electron chi connectivity index (χ3n) is 3.30. The van der Waals surface area contributed by atoms with Crippen LogP contribution in [0.15, 0.2) is 42.5 Å². The van der Waals surface area contributed by atoms with E-state index in [0.29, 0.717) is 6.42 Å². The van der Waals surface area contributed by atoms with E-state index in [1.807, 2.05) is 24.3 Å². The van der Waals surface area contributed by atoms with Crippen LogP contribution in [0.2, 0.25) is 0 Å². The van der Waals surface area contributed by atoms with E-state index >= 15 is 0 Å². The minimum absolute atomic E-state index is 0.407. The van der Waals surface area contributed by atoms with Crippen molar-refractivity contribution in [1.82, 2.24) is 0 Å². The fraction of sp³-hybridized carbons (Fsp3) is 0.133. The number of carbonyl (C=O) groups is 1. The van der Waals surface area contributed by atoms with Gasteiger partial charge in [0.2, 0.25) is 5.91 Å². The van der Waals surface area contributed by atoms with E-state index in [1.165, 1.54) is 6.07 Å². The first-order valence-electron chi connectivity index (χ1n) is 6.24. The van der Waals surface area contributed by atoms with Crippen molar-refractivity contribution in [2.75, 3.05) is 10.6 Å². The molecular weight excluding hydrogens is 262 g/mol. The van der Waals surface area contributed by atoms with Crippen LogP contribution < -0.4 is 10.6 Å². The van der Waals surface area contributed by atoms with Crippen LogP contribution in [0.3, 0.4) is 0 Å². The maximum absolute atomic E-state index is 13.5. The zero-order chi connectivity index (χ0) is 14.1. The molecule has 2 aromatic carbocycles. The predicted octanol–water partition coefficient (Wildman–Crippen LogP) is 2.94. The first-order chi connectivity index (χ1) is 9.65. The summed E-state index contributed by atoms with van der Waals surface area (Å²) in [4.78, 5) is 12.1. The molecule has 1 amide bonds. The smallest absolute Gasteiger partial charge is 0.247 e. The van der Waals surface area contributed by atoms with Crippen LogP contribution >= 0.6 is 0 Å². The topological polar surface area (TPSA) is 41.1 Å². The number of rotatable bonds is 2. The number of hydrogen-bond donors (Lipinski definition) is 2. The predicted molar refractivity (Wildman–Crippen MR) is 72.5 cm³/mol. The molecule has 2 N–H and O–H groups in total. The van der Waals surface area contributed by atoms with Crippen molar-refractivity contribution in [3.05, 3.63) is 59.7 Å². The summed E-state index contributed by atoms with van der Waals surface area (Å²) in [5.74, 6) is -2.02. The monoisotopic (exact) mass is 274 g/mol. The second-order valence-corrected chi connectivity index (χ2v) is 4.64. The highest BCUT2D eigenvalue weighted by atomic mass is 19.1. The van der Waals surface area contributed by atoms with Crippen LogP contribution in [0.25, 0.3) is 0 Å². The summed E-state index contributed by atoms with van der Waals surface area (Å²) in [6.45, 7) is 0. The third kappa shape index (κ3) is 2.22. The van der Waals surface area contributed by atoms with Gasteiger partial charge >= 0.3 is 0 Å². The average Bonchev–Trinajstić information content (AvgIpc) is 2.87. The van der Waals surface area contributed by atoms with E-state index in [-0.39, 0.29) is 0 Å². The van der Waals surface area contributed by atoms with Gasteiger partial charge < -0.3 is 10.6 Å². The average molecular weight is 274 g/mol. The molecule has 1 aliphatic rings. The molecular formula is C15H12F2N2O. The summed E-state index contributed by atoms with van der Waals surface area (Å²) in [6, 6.07) is 10.5. The molecule has 20 heavy (non-hydrogen) atoms. The maximum atomic E-state index is 13.5. The lowest BCUT2D eigenvalue weighted by Gasteiger charge is -2.13. The van der Waals surface area contributed by atoms with Gasteiger partial charge in [0.25, 0.3) is 0 Å². The standard InChI is InChI=1S/C15H12F2N2O/c16-10-5-3-6-11(17)14(10)19-15(20)13-8-9-4-1-2-7-12(9)18-13/h1-7,13,18H,8H2,(H,19,20)/t13-/m0/s1. The highest BCUT2D eigenvalue weighted by molar-refractivity contribution is 5.98. The van der Waals surface area contributed by atoms with Gasteiger partial charge in [0.05, 0.1) is 0 Å². The Morgan fingerprint density at radius 3 is 2.50 bits per heavy atom. The number of para-hydroxylation sites is 2. The Kier molecular flexibility index (Phi) is 3.10. The van der Waals surface area contributed by atoms with Gasteiger partial charge in [-0.2, -0.15) is 0 Å². The van der Waals surface area contributed by atoms with Crippen LogP contribution in [0.4, 0.5) is 20.2 Å². The van der Waals surface area contributed by atoms with E-state index in [9.17, 15) is 13.6 Å². The van der Waals surface area contributed by atoms with Crippen molar-refractivity contribution < 1.29 is 13.6 Å². The van der Waals surface area contributed by atoms with E-state index < -0.39 is 29.3 Å². The third-order valence-corrected chi connectivity index (χ3v) is 3.30. The number of carbonyl (C=O) groups excluding carboxylic acids is 1. The fourth-order valence-corrected chi connectivity index (χ4v) is 2.28. The molecule has 0 fully saturated rings. The molecule has 0 radical (unpaired) electrons. The normalized spacial score (nSPS) is 16.4. The highest BCUT2D eigenvalue weighted by Gasteiger charge is 2.27. The van der Waals surface area contributed by atoms with Crippen LogP contribution in [0.1, 0.15) is 5.56 Å². The number of halogens is 2. The molecule has 1 aliphatic heterocycles. The number of nitrogens with one attached hydrogen (secondary N) is 2. The Balaban J connectivity index is 1.76. The summed E-state index contributed by atoms with van der Waals surface area (Å²) < 4.78 is 27.0. The molecule has 3 nitrogen and oxygen atoms in total. The van der Waals surface area contributed by atoms with Gasteiger partial charge in [0.1, 0.15) is 23.4 Å². The molecule has 0 saturated heterocycles. The van der Waals surface area contributed by atoms with Crippen molar-refractivity contribution in [3.63, 3.8) is 0 Å². The summed E-state index contributed by atoms with van der Waals surface area (Å²) in [5.41, 5.74) is 1.48. The minimum Gasteiger partial charge on any atom is -0.373 e. The Bertz CT molecular complexity index is 627. The fourth-order valence-electron chi connectivity index (χ4n) is 2.28. The summed E-state index contributed by atoms with van der Waals surface area (Å²) >= 11 is 0. The first kappa shape index (κ1) is 12.6. The zero-order valence-electron chi connectivity index (χ0n) is 10.5. The van der Waals surface area contributed by atoms with Gasteiger partial charge in [-0.05, 0) is 23.8 Å². The Morgan fingerprint density at radius 2 is 1.80 bits per heavy atom. The quantitative estimate of drug-likeness (QED) is 0.884. The number of anilines is 2. The molecule has 102 valence electrons. The van der Waals surface area contributed by atoms with Gasteiger partial charge in [-0.3, -0.25) is 4.79 Å². The van der Waals surface area contributed by atoms with E-state index in [1.54, 1.807) is 0 Å². The molecule has 0 bridgehead atoms. The maximum Gasteiger partial charge on any atom is 0.247 e. The van der Waals surface area contributed by atoms with Crippen molar-refractivity contribution in [2.24, 2.45) is 0 Å². The Labute approximate surface area is 114 Å². The van der Waals surface area contributed by atoms with Crippen molar-refractivity contribution in [1.29, 1.82) is 0 Å². The van der Waals surface area contributed by atoms with Gasteiger partial charge in [0.15, 0.2) is 0 Å². The minimum atomic E-state index is -0.783. The molecule has 0 spiro atoms. The first-order valence-corrected chi connectivity index (χ1v) is 6.24. The lowest BCUT2D eigenvalue weighted by Crippen LogP contribution is -2.33. The zero-order valence-corrected chi connectivity index (χ0v) is 10.5. The highest BCUT2D eigenvalue weighted by Crippen LogP contribution is 2.26. The van der Waals surface area contributed by atoms with Gasteiger partial charge in [0, 0.05) is 12.1 Å². The molecule has 1 heterocycles. The Hall–Kier alpha value is -2.43. The number of hydrogen-bond acceptors (Lipinski definition) is 2. The molecule has 1 atom stereocenters. The molecule has 3 rings (SSSR count). The largest absolute Gasteiger partial charge is 0.373 e. The van der Waals surface area contributed by atoms with Crippen LogP contribution in [-0.2, 0) is 11.2 Å². The van der Waals surface area contributed by atoms with Crippen LogP contribution in [0, 0.1) is 11.6 Å². The van der Waals surface area contributed by atoms with E-state index in [4.69, 9.17) is 0 Å². The lowest BCUT2D eigenvalue weighted by molar-refractivity contribution is -0.116. The molecule has 0 unspecified atom stereocenters. The van der Waals surface area contributed by atoms with Gasteiger partial charge in [-0.1, -0.05) is 24.3 Å².